The fraction of sp³-hybridized carbons (Fsp3) is 0.143. The molecular weight excluding hydrogens is 278 g/mol. The molecule has 0 unspecified atom stereocenters. The number of rotatable bonds is 4. The van der Waals surface area contributed by atoms with Crippen LogP contribution >= 0.6 is 11.6 Å². The molecule has 1 aromatic carbocycles. The van der Waals surface area contributed by atoms with Crippen LogP contribution in [-0.4, -0.2) is 21.7 Å². The van der Waals surface area contributed by atoms with E-state index in [0.717, 1.165) is 11.5 Å². The van der Waals surface area contributed by atoms with Gasteiger partial charge in [0.05, 0.1) is 7.11 Å². The third-order valence-corrected chi connectivity index (χ3v) is 3.01. The molecule has 3 rings (SSSR count). The van der Waals surface area contributed by atoms with E-state index in [-0.39, 0.29) is 0 Å². The van der Waals surface area contributed by atoms with Crippen molar-refractivity contribution in [2.75, 3.05) is 7.11 Å². The van der Waals surface area contributed by atoms with Gasteiger partial charge in [-0.05, 0) is 30.3 Å². The molecule has 6 heteroatoms. The maximum absolute atomic E-state index is 5.91. The molecule has 0 aliphatic rings. The van der Waals surface area contributed by atoms with Gasteiger partial charge in [0.25, 0.3) is 0 Å². The number of hydrogen-bond acceptors (Lipinski definition) is 4. The van der Waals surface area contributed by atoms with Crippen molar-refractivity contribution in [1.82, 2.24) is 14.6 Å². The Morgan fingerprint density at radius 2 is 1.90 bits per heavy atom. The third kappa shape index (κ3) is 2.67. The van der Waals surface area contributed by atoms with Gasteiger partial charge in [-0.2, -0.15) is 0 Å². The maximum Gasteiger partial charge on any atom is 0.189 e. The Morgan fingerprint density at radius 1 is 1.15 bits per heavy atom. The SMILES string of the molecule is COc1ccc(OCc2nc3cc(Cl)ccn3n2)cc1. The summed E-state index contributed by atoms with van der Waals surface area (Å²) in [6, 6.07) is 10.9. The molecule has 0 atom stereocenters. The van der Waals surface area contributed by atoms with Crippen molar-refractivity contribution in [2.24, 2.45) is 0 Å². The van der Waals surface area contributed by atoms with Gasteiger partial charge in [0, 0.05) is 17.3 Å². The van der Waals surface area contributed by atoms with Crippen molar-refractivity contribution in [3.8, 4) is 11.5 Å². The average Bonchev–Trinajstić information content (AvgIpc) is 2.87. The number of nitrogens with zero attached hydrogens (tertiary/aromatic N) is 3. The predicted molar refractivity (Wildman–Crippen MR) is 75.3 cm³/mol. The zero-order valence-corrected chi connectivity index (χ0v) is 11.5. The second-order valence-electron chi connectivity index (χ2n) is 4.14. The molecular formula is C14H12ClN3O2. The van der Waals surface area contributed by atoms with E-state index in [0.29, 0.717) is 23.1 Å². The summed E-state index contributed by atoms with van der Waals surface area (Å²) < 4.78 is 12.4. The standard InChI is InChI=1S/C14H12ClN3O2/c1-19-11-2-4-12(5-3-11)20-9-13-16-14-8-10(15)6-7-18(14)17-13/h2-8H,9H2,1H3. The second kappa shape index (κ2) is 5.38. The lowest BCUT2D eigenvalue weighted by molar-refractivity contribution is 0.295. The van der Waals surface area contributed by atoms with Gasteiger partial charge in [-0.3, -0.25) is 0 Å². The van der Waals surface area contributed by atoms with Gasteiger partial charge in [0.2, 0.25) is 0 Å². The summed E-state index contributed by atoms with van der Waals surface area (Å²) in [5.74, 6) is 2.13. The lowest BCUT2D eigenvalue weighted by Crippen LogP contribution is -1.98. The summed E-state index contributed by atoms with van der Waals surface area (Å²) in [6.45, 7) is 0.297. The molecule has 2 aromatic heterocycles. The fourth-order valence-electron chi connectivity index (χ4n) is 1.78. The Bertz CT molecular complexity index is 725. The molecule has 0 bridgehead atoms. The highest BCUT2D eigenvalue weighted by Crippen LogP contribution is 2.18. The van der Waals surface area contributed by atoms with E-state index in [1.807, 2.05) is 24.3 Å². The number of benzene rings is 1. The normalized spacial score (nSPS) is 10.7. The number of fused-ring (bicyclic) bond motifs is 1. The molecule has 0 amide bonds. The Hall–Kier alpha value is -2.27. The lowest BCUT2D eigenvalue weighted by atomic mass is 10.3. The summed E-state index contributed by atoms with van der Waals surface area (Å²) in [6.07, 6.45) is 1.77. The highest BCUT2D eigenvalue weighted by molar-refractivity contribution is 6.30. The highest BCUT2D eigenvalue weighted by Gasteiger charge is 2.05. The van der Waals surface area contributed by atoms with Gasteiger partial charge in [0.15, 0.2) is 11.5 Å². The van der Waals surface area contributed by atoms with Gasteiger partial charge in [-0.25, -0.2) is 9.50 Å². The van der Waals surface area contributed by atoms with Crippen LogP contribution < -0.4 is 9.47 Å². The smallest absolute Gasteiger partial charge is 0.189 e. The van der Waals surface area contributed by atoms with E-state index in [4.69, 9.17) is 21.1 Å². The van der Waals surface area contributed by atoms with E-state index >= 15 is 0 Å². The average molecular weight is 290 g/mol. The van der Waals surface area contributed by atoms with E-state index in [1.165, 1.54) is 0 Å². The number of aromatic nitrogens is 3. The van der Waals surface area contributed by atoms with Crippen LogP contribution in [0.4, 0.5) is 0 Å². The Labute approximate surface area is 120 Å². The van der Waals surface area contributed by atoms with Crippen molar-refractivity contribution in [1.29, 1.82) is 0 Å². The quantitative estimate of drug-likeness (QED) is 0.741. The maximum atomic E-state index is 5.91. The number of pyridine rings is 1. The Kier molecular flexibility index (Phi) is 3.43. The molecule has 0 spiro atoms. The number of methoxy groups -OCH3 is 1. The number of ether oxygens (including phenoxy) is 2. The van der Waals surface area contributed by atoms with Crippen molar-refractivity contribution in [2.45, 2.75) is 6.61 Å². The molecule has 0 saturated heterocycles. The first kappa shape index (κ1) is 12.7. The van der Waals surface area contributed by atoms with Crippen LogP contribution in [-0.2, 0) is 6.61 Å². The first-order valence-corrected chi connectivity index (χ1v) is 6.40. The first-order chi connectivity index (χ1) is 9.74. The molecule has 0 fully saturated rings. The highest BCUT2D eigenvalue weighted by atomic mass is 35.5. The van der Waals surface area contributed by atoms with Gasteiger partial charge < -0.3 is 9.47 Å². The molecule has 20 heavy (non-hydrogen) atoms. The second-order valence-corrected chi connectivity index (χ2v) is 4.58. The molecule has 0 saturated carbocycles. The van der Waals surface area contributed by atoms with Gasteiger partial charge in [0.1, 0.15) is 18.1 Å². The van der Waals surface area contributed by atoms with E-state index in [1.54, 1.807) is 30.0 Å². The Balaban J connectivity index is 1.72. The van der Waals surface area contributed by atoms with E-state index in [9.17, 15) is 0 Å². The van der Waals surface area contributed by atoms with Crippen LogP contribution in [0.25, 0.3) is 5.65 Å². The molecule has 0 N–H and O–H groups in total. The first-order valence-electron chi connectivity index (χ1n) is 6.02. The van der Waals surface area contributed by atoms with Crippen molar-refractivity contribution in [3.05, 3.63) is 53.4 Å². The van der Waals surface area contributed by atoms with Crippen LogP contribution in [0.15, 0.2) is 42.6 Å². The van der Waals surface area contributed by atoms with Crippen LogP contribution in [0.2, 0.25) is 5.02 Å². The summed E-state index contributed by atoms with van der Waals surface area (Å²) in [5, 5.41) is 4.93. The van der Waals surface area contributed by atoms with Gasteiger partial charge >= 0.3 is 0 Å². The minimum Gasteiger partial charge on any atom is -0.497 e. The number of halogens is 1. The zero-order valence-electron chi connectivity index (χ0n) is 10.8. The molecule has 102 valence electrons. The lowest BCUT2D eigenvalue weighted by Gasteiger charge is -2.04. The number of hydrogen-bond donors (Lipinski definition) is 0. The van der Waals surface area contributed by atoms with Crippen molar-refractivity contribution < 1.29 is 9.47 Å². The monoisotopic (exact) mass is 289 g/mol. The van der Waals surface area contributed by atoms with Crippen molar-refractivity contribution >= 4 is 17.2 Å². The molecule has 0 aliphatic heterocycles. The van der Waals surface area contributed by atoms with Crippen LogP contribution in [0.5, 0.6) is 11.5 Å². The molecule has 2 heterocycles. The minimum absolute atomic E-state index is 0.297. The topological polar surface area (TPSA) is 48.7 Å². The van der Waals surface area contributed by atoms with Crippen LogP contribution in [0.3, 0.4) is 0 Å². The van der Waals surface area contributed by atoms with E-state index < -0.39 is 0 Å². The molecule has 5 nitrogen and oxygen atoms in total. The Morgan fingerprint density at radius 3 is 2.65 bits per heavy atom. The predicted octanol–water partition coefficient (Wildman–Crippen LogP) is 2.97. The summed E-state index contributed by atoms with van der Waals surface area (Å²) >= 11 is 5.91. The van der Waals surface area contributed by atoms with E-state index in [2.05, 4.69) is 10.1 Å². The fourth-order valence-corrected chi connectivity index (χ4v) is 1.94. The third-order valence-electron chi connectivity index (χ3n) is 2.77. The minimum atomic E-state index is 0.297. The van der Waals surface area contributed by atoms with Crippen molar-refractivity contribution in [3.63, 3.8) is 0 Å². The molecule has 0 radical (unpaired) electrons. The van der Waals surface area contributed by atoms with Crippen LogP contribution in [0, 0.1) is 0 Å². The summed E-state index contributed by atoms with van der Waals surface area (Å²) in [4.78, 5) is 4.34. The summed E-state index contributed by atoms with van der Waals surface area (Å²) in [5.41, 5.74) is 0.700. The largest absolute Gasteiger partial charge is 0.497 e. The zero-order chi connectivity index (χ0) is 13.9. The molecule has 0 aliphatic carbocycles. The molecule has 3 aromatic rings. The van der Waals surface area contributed by atoms with Gasteiger partial charge in [-0.1, -0.05) is 11.6 Å². The summed E-state index contributed by atoms with van der Waals surface area (Å²) in [7, 11) is 1.63. The van der Waals surface area contributed by atoms with Gasteiger partial charge in [-0.15, -0.1) is 5.10 Å². The van der Waals surface area contributed by atoms with Crippen LogP contribution in [0.1, 0.15) is 5.82 Å².